The molecule has 3 N–H and O–H groups in total. The summed E-state index contributed by atoms with van der Waals surface area (Å²) >= 11 is 1.80. The fourth-order valence-electron chi connectivity index (χ4n) is 1.99. The molecule has 1 fully saturated rings. The Bertz CT molecular complexity index is 358. The number of hydrogen-bond acceptors (Lipinski definition) is 5. The molecule has 1 aliphatic rings. The lowest BCUT2D eigenvalue weighted by Crippen LogP contribution is -2.48. The molecular formula is C11H18N4OS. The number of hydrogen-bond donors (Lipinski definition) is 2. The zero-order valence-corrected chi connectivity index (χ0v) is 10.6. The number of thiophene rings is 1. The minimum Gasteiger partial charge on any atom is -0.409 e. The first-order chi connectivity index (χ1) is 8.28. The van der Waals surface area contributed by atoms with Crippen molar-refractivity contribution in [3.63, 3.8) is 0 Å². The molecule has 1 aliphatic heterocycles. The van der Waals surface area contributed by atoms with Gasteiger partial charge in [-0.2, -0.15) is 0 Å². The summed E-state index contributed by atoms with van der Waals surface area (Å²) in [6.45, 7) is 5.62. The van der Waals surface area contributed by atoms with Crippen molar-refractivity contribution in [2.45, 2.75) is 6.54 Å². The van der Waals surface area contributed by atoms with Gasteiger partial charge < -0.3 is 10.9 Å². The molecule has 0 unspecified atom stereocenters. The van der Waals surface area contributed by atoms with E-state index in [9.17, 15) is 0 Å². The van der Waals surface area contributed by atoms with Crippen LogP contribution in [-0.4, -0.2) is 53.6 Å². The van der Waals surface area contributed by atoms with Crippen LogP contribution in [0.4, 0.5) is 0 Å². The van der Waals surface area contributed by atoms with Crippen molar-refractivity contribution in [3.8, 4) is 0 Å². The highest BCUT2D eigenvalue weighted by atomic mass is 32.1. The van der Waals surface area contributed by atoms with Crippen LogP contribution in [-0.2, 0) is 6.54 Å². The maximum absolute atomic E-state index is 8.52. The molecule has 0 saturated carbocycles. The van der Waals surface area contributed by atoms with Crippen LogP contribution in [0.25, 0.3) is 0 Å². The number of oxime groups is 1. The van der Waals surface area contributed by atoms with Crippen LogP contribution in [0.15, 0.2) is 22.7 Å². The summed E-state index contributed by atoms with van der Waals surface area (Å²) in [4.78, 5) is 6.06. The minimum absolute atomic E-state index is 0.289. The molecule has 1 aromatic heterocycles. The van der Waals surface area contributed by atoms with Gasteiger partial charge in [0.25, 0.3) is 0 Å². The number of rotatable bonds is 4. The second kappa shape index (κ2) is 6.00. The fraction of sp³-hybridized carbons (Fsp3) is 0.545. The molecule has 0 aromatic carbocycles. The first-order valence-corrected chi connectivity index (χ1v) is 6.59. The minimum atomic E-state index is 0.289. The van der Waals surface area contributed by atoms with Gasteiger partial charge in [0, 0.05) is 37.6 Å². The average Bonchev–Trinajstić information content (AvgIpc) is 2.84. The molecule has 0 amide bonds. The van der Waals surface area contributed by atoms with Crippen LogP contribution < -0.4 is 5.73 Å². The summed E-state index contributed by atoms with van der Waals surface area (Å²) in [6.07, 6.45) is 0. The molecule has 2 rings (SSSR count). The SMILES string of the molecule is N/C(CN1CCN(Cc2cccs2)CC1)=N\O. The van der Waals surface area contributed by atoms with Crippen molar-refractivity contribution in [1.82, 2.24) is 9.80 Å². The molecule has 0 aliphatic carbocycles. The summed E-state index contributed by atoms with van der Waals surface area (Å²) in [5.74, 6) is 0.289. The van der Waals surface area contributed by atoms with Gasteiger partial charge in [0.05, 0.1) is 6.54 Å². The van der Waals surface area contributed by atoms with Crippen molar-refractivity contribution in [2.75, 3.05) is 32.7 Å². The maximum atomic E-state index is 8.52. The van der Waals surface area contributed by atoms with E-state index in [1.54, 1.807) is 11.3 Å². The molecule has 17 heavy (non-hydrogen) atoms. The van der Waals surface area contributed by atoms with E-state index in [0.29, 0.717) is 6.54 Å². The molecular weight excluding hydrogens is 236 g/mol. The molecule has 0 spiro atoms. The predicted molar refractivity (Wildman–Crippen MR) is 69.4 cm³/mol. The molecule has 6 heteroatoms. The van der Waals surface area contributed by atoms with Gasteiger partial charge in [-0.1, -0.05) is 11.2 Å². The molecule has 0 radical (unpaired) electrons. The highest BCUT2D eigenvalue weighted by molar-refractivity contribution is 7.09. The summed E-state index contributed by atoms with van der Waals surface area (Å²) in [5, 5.41) is 13.6. The standard InChI is InChI=1S/C11H18N4OS/c12-11(13-16)9-15-5-3-14(4-6-15)8-10-2-1-7-17-10/h1-2,7,16H,3-6,8-9H2,(H2,12,13). The van der Waals surface area contributed by atoms with Gasteiger partial charge in [0.2, 0.25) is 0 Å². The molecule has 0 bridgehead atoms. The van der Waals surface area contributed by atoms with Gasteiger partial charge in [-0.05, 0) is 11.4 Å². The van der Waals surface area contributed by atoms with Crippen LogP contribution >= 0.6 is 11.3 Å². The Morgan fingerprint density at radius 1 is 1.35 bits per heavy atom. The predicted octanol–water partition coefficient (Wildman–Crippen LogP) is 0.612. The Labute approximate surface area is 105 Å². The lowest BCUT2D eigenvalue weighted by molar-refractivity contribution is 0.140. The monoisotopic (exact) mass is 254 g/mol. The van der Waals surface area contributed by atoms with E-state index in [0.717, 1.165) is 32.7 Å². The summed E-state index contributed by atoms with van der Waals surface area (Å²) in [7, 11) is 0. The lowest BCUT2D eigenvalue weighted by Gasteiger charge is -2.34. The third-order valence-electron chi connectivity index (χ3n) is 2.94. The van der Waals surface area contributed by atoms with Gasteiger partial charge in [-0.3, -0.25) is 9.80 Å². The zero-order valence-electron chi connectivity index (χ0n) is 9.75. The van der Waals surface area contributed by atoms with E-state index in [2.05, 4.69) is 32.5 Å². The van der Waals surface area contributed by atoms with Crippen LogP contribution in [0.2, 0.25) is 0 Å². The first kappa shape index (κ1) is 12.3. The topological polar surface area (TPSA) is 65.1 Å². The Balaban J connectivity index is 1.74. The third kappa shape index (κ3) is 3.69. The van der Waals surface area contributed by atoms with Gasteiger partial charge in [0.1, 0.15) is 0 Å². The van der Waals surface area contributed by atoms with E-state index in [4.69, 9.17) is 10.9 Å². The molecule has 0 atom stereocenters. The van der Waals surface area contributed by atoms with Crippen LogP contribution in [0.1, 0.15) is 4.88 Å². The van der Waals surface area contributed by atoms with Crippen LogP contribution in [0, 0.1) is 0 Å². The van der Waals surface area contributed by atoms with E-state index in [1.165, 1.54) is 4.88 Å². The van der Waals surface area contributed by atoms with Crippen molar-refractivity contribution < 1.29 is 5.21 Å². The number of piperazine rings is 1. The summed E-state index contributed by atoms with van der Waals surface area (Å²) < 4.78 is 0. The van der Waals surface area contributed by atoms with E-state index in [-0.39, 0.29) is 5.84 Å². The van der Waals surface area contributed by atoms with Crippen molar-refractivity contribution in [2.24, 2.45) is 10.9 Å². The second-order valence-corrected chi connectivity index (χ2v) is 5.26. The zero-order chi connectivity index (χ0) is 12.1. The van der Waals surface area contributed by atoms with Gasteiger partial charge in [0.15, 0.2) is 5.84 Å². The van der Waals surface area contributed by atoms with E-state index < -0.39 is 0 Å². The van der Waals surface area contributed by atoms with E-state index in [1.807, 2.05) is 0 Å². The van der Waals surface area contributed by atoms with Crippen LogP contribution in [0.3, 0.4) is 0 Å². The summed E-state index contributed by atoms with van der Waals surface area (Å²) in [5.41, 5.74) is 5.49. The van der Waals surface area contributed by atoms with Gasteiger partial charge in [-0.25, -0.2) is 0 Å². The third-order valence-corrected chi connectivity index (χ3v) is 3.80. The highest BCUT2D eigenvalue weighted by Crippen LogP contribution is 2.13. The highest BCUT2D eigenvalue weighted by Gasteiger charge is 2.17. The molecule has 5 nitrogen and oxygen atoms in total. The number of amidine groups is 1. The number of nitrogens with zero attached hydrogens (tertiary/aromatic N) is 3. The Morgan fingerprint density at radius 3 is 2.65 bits per heavy atom. The molecule has 94 valence electrons. The Kier molecular flexibility index (Phi) is 4.36. The van der Waals surface area contributed by atoms with Crippen molar-refractivity contribution in [3.05, 3.63) is 22.4 Å². The van der Waals surface area contributed by atoms with Gasteiger partial charge >= 0.3 is 0 Å². The lowest BCUT2D eigenvalue weighted by atomic mass is 10.3. The van der Waals surface area contributed by atoms with Crippen molar-refractivity contribution >= 4 is 17.2 Å². The summed E-state index contributed by atoms with van der Waals surface area (Å²) in [6, 6.07) is 4.27. The Hall–Kier alpha value is -1.11. The molecule has 2 heterocycles. The Morgan fingerprint density at radius 2 is 2.06 bits per heavy atom. The molecule has 1 aromatic rings. The smallest absolute Gasteiger partial charge is 0.153 e. The maximum Gasteiger partial charge on any atom is 0.153 e. The number of nitrogens with two attached hydrogens (primary N) is 1. The largest absolute Gasteiger partial charge is 0.409 e. The van der Waals surface area contributed by atoms with Crippen LogP contribution in [0.5, 0.6) is 0 Å². The quantitative estimate of drug-likeness (QED) is 0.358. The second-order valence-electron chi connectivity index (χ2n) is 4.22. The average molecular weight is 254 g/mol. The van der Waals surface area contributed by atoms with Crippen molar-refractivity contribution in [1.29, 1.82) is 0 Å². The normalized spacial score (nSPS) is 19.6. The fourth-order valence-corrected chi connectivity index (χ4v) is 2.74. The molecule has 1 saturated heterocycles. The van der Waals surface area contributed by atoms with E-state index >= 15 is 0 Å². The van der Waals surface area contributed by atoms with Gasteiger partial charge in [-0.15, -0.1) is 11.3 Å². The first-order valence-electron chi connectivity index (χ1n) is 5.71.